The van der Waals surface area contributed by atoms with Crippen LogP contribution in [0.15, 0.2) is 0 Å². The molecule has 1 aliphatic rings. The molecule has 0 aromatic carbocycles. The second kappa shape index (κ2) is 4.37. The van der Waals surface area contributed by atoms with Crippen LogP contribution in [0.25, 0.3) is 0 Å². The molecule has 0 spiro atoms. The SMILES string of the molecule is Cc1nc(CNC(=O)C2OCCO2)n[nH]1. The van der Waals surface area contributed by atoms with Gasteiger partial charge in [0, 0.05) is 0 Å². The molecule has 15 heavy (non-hydrogen) atoms. The summed E-state index contributed by atoms with van der Waals surface area (Å²) in [5.74, 6) is 0.960. The van der Waals surface area contributed by atoms with Crippen LogP contribution in [0.3, 0.4) is 0 Å². The number of nitrogens with one attached hydrogen (secondary N) is 2. The number of nitrogens with zero attached hydrogens (tertiary/aromatic N) is 2. The molecule has 2 rings (SSSR count). The molecule has 1 fully saturated rings. The summed E-state index contributed by atoms with van der Waals surface area (Å²) in [7, 11) is 0. The van der Waals surface area contributed by atoms with Crippen molar-refractivity contribution in [1.82, 2.24) is 20.5 Å². The van der Waals surface area contributed by atoms with E-state index in [-0.39, 0.29) is 12.5 Å². The van der Waals surface area contributed by atoms with E-state index in [1.165, 1.54) is 0 Å². The maximum absolute atomic E-state index is 11.4. The van der Waals surface area contributed by atoms with Crippen LogP contribution in [0.4, 0.5) is 0 Å². The van der Waals surface area contributed by atoms with E-state index in [1.54, 1.807) is 6.92 Å². The van der Waals surface area contributed by atoms with Crippen LogP contribution in [0.2, 0.25) is 0 Å². The van der Waals surface area contributed by atoms with E-state index in [0.717, 1.165) is 0 Å². The summed E-state index contributed by atoms with van der Waals surface area (Å²) in [6, 6.07) is 0. The number of carbonyl (C=O) groups excluding carboxylic acids is 1. The standard InChI is InChI=1S/C8H12N4O3/c1-5-10-6(12-11-5)4-9-7(13)8-14-2-3-15-8/h8H,2-4H2,1H3,(H,9,13)(H,10,11,12). The van der Waals surface area contributed by atoms with Crippen molar-refractivity contribution >= 4 is 5.91 Å². The van der Waals surface area contributed by atoms with Gasteiger partial charge in [0.05, 0.1) is 19.8 Å². The summed E-state index contributed by atoms with van der Waals surface area (Å²) in [5, 5.41) is 9.19. The summed E-state index contributed by atoms with van der Waals surface area (Å²) in [5.41, 5.74) is 0. The normalized spacial score (nSPS) is 16.9. The maximum Gasteiger partial charge on any atom is 0.277 e. The quantitative estimate of drug-likeness (QED) is 0.678. The number of rotatable bonds is 3. The summed E-state index contributed by atoms with van der Waals surface area (Å²) in [6.45, 7) is 2.98. The van der Waals surface area contributed by atoms with Crippen molar-refractivity contribution in [3.05, 3.63) is 11.6 Å². The molecule has 0 aliphatic carbocycles. The fourth-order valence-electron chi connectivity index (χ4n) is 1.23. The first-order valence-electron chi connectivity index (χ1n) is 4.64. The van der Waals surface area contributed by atoms with Crippen LogP contribution in [0.5, 0.6) is 0 Å². The van der Waals surface area contributed by atoms with E-state index in [0.29, 0.717) is 24.9 Å². The minimum Gasteiger partial charge on any atom is -0.344 e. The number of hydrogen-bond acceptors (Lipinski definition) is 5. The van der Waals surface area contributed by atoms with Crippen LogP contribution in [-0.4, -0.2) is 40.6 Å². The Balaban J connectivity index is 1.80. The fraction of sp³-hybridized carbons (Fsp3) is 0.625. The molecule has 0 saturated carbocycles. The molecule has 1 aromatic rings. The molecular formula is C8H12N4O3. The van der Waals surface area contributed by atoms with Gasteiger partial charge in [-0.3, -0.25) is 9.89 Å². The zero-order valence-corrected chi connectivity index (χ0v) is 8.32. The highest BCUT2D eigenvalue weighted by molar-refractivity contribution is 5.79. The van der Waals surface area contributed by atoms with Crippen molar-refractivity contribution in [1.29, 1.82) is 0 Å². The number of aromatic amines is 1. The van der Waals surface area contributed by atoms with Crippen molar-refractivity contribution < 1.29 is 14.3 Å². The first kappa shape index (κ1) is 10.1. The van der Waals surface area contributed by atoms with Crippen LogP contribution < -0.4 is 5.32 Å². The monoisotopic (exact) mass is 212 g/mol. The molecule has 0 unspecified atom stereocenters. The van der Waals surface area contributed by atoms with Crippen LogP contribution in [-0.2, 0) is 20.8 Å². The Morgan fingerprint density at radius 3 is 2.93 bits per heavy atom. The molecule has 82 valence electrons. The van der Waals surface area contributed by atoms with Crippen molar-refractivity contribution in [2.24, 2.45) is 0 Å². The summed E-state index contributed by atoms with van der Waals surface area (Å²) < 4.78 is 10.1. The first-order valence-corrected chi connectivity index (χ1v) is 4.64. The minimum atomic E-state index is -0.787. The number of hydrogen-bond donors (Lipinski definition) is 2. The molecule has 0 bridgehead atoms. The molecule has 2 N–H and O–H groups in total. The Labute approximate surface area is 86.2 Å². The van der Waals surface area contributed by atoms with Crippen LogP contribution in [0, 0.1) is 6.92 Å². The smallest absolute Gasteiger partial charge is 0.277 e. The van der Waals surface area contributed by atoms with E-state index in [2.05, 4.69) is 20.5 Å². The molecular weight excluding hydrogens is 200 g/mol. The third-order valence-corrected chi connectivity index (χ3v) is 1.90. The van der Waals surface area contributed by atoms with Gasteiger partial charge in [-0.2, -0.15) is 5.10 Å². The summed E-state index contributed by atoms with van der Waals surface area (Å²) >= 11 is 0. The lowest BCUT2D eigenvalue weighted by molar-refractivity contribution is -0.146. The Kier molecular flexibility index (Phi) is 2.93. The van der Waals surface area contributed by atoms with Gasteiger partial charge in [-0.1, -0.05) is 0 Å². The van der Waals surface area contributed by atoms with Gasteiger partial charge in [0.15, 0.2) is 5.82 Å². The predicted molar refractivity (Wildman–Crippen MR) is 48.7 cm³/mol. The average molecular weight is 212 g/mol. The van der Waals surface area contributed by atoms with Crippen molar-refractivity contribution in [3.8, 4) is 0 Å². The number of aryl methyl sites for hydroxylation is 1. The van der Waals surface area contributed by atoms with Gasteiger partial charge in [-0.25, -0.2) is 4.98 Å². The van der Waals surface area contributed by atoms with Gasteiger partial charge in [-0.05, 0) is 6.92 Å². The van der Waals surface area contributed by atoms with Gasteiger partial charge in [0.2, 0.25) is 6.29 Å². The minimum absolute atomic E-state index is 0.270. The molecule has 0 atom stereocenters. The van der Waals surface area contributed by atoms with Crippen molar-refractivity contribution in [2.45, 2.75) is 19.8 Å². The largest absolute Gasteiger partial charge is 0.344 e. The molecule has 1 aliphatic heterocycles. The van der Waals surface area contributed by atoms with Crippen LogP contribution >= 0.6 is 0 Å². The third-order valence-electron chi connectivity index (χ3n) is 1.90. The molecule has 2 heterocycles. The Bertz CT molecular complexity index is 345. The van der Waals surface area contributed by atoms with E-state index < -0.39 is 6.29 Å². The topological polar surface area (TPSA) is 89.1 Å². The maximum atomic E-state index is 11.4. The average Bonchev–Trinajstić information content (AvgIpc) is 2.84. The van der Waals surface area contributed by atoms with Gasteiger partial charge >= 0.3 is 0 Å². The molecule has 7 nitrogen and oxygen atoms in total. The molecule has 1 aromatic heterocycles. The summed E-state index contributed by atoms with van der Waals surface area (Å²) in [4.78, 5) is 15.4. The summed E-state index contributed by atoms with van der Waals surface area (Å²) in [6.07, 6.45) is -0.787. The molecule has 1 amide bonds. The second-order valence-corrected chi connectivity index (χ2v) is 3.13. The van der Waals surface area contributed by atoms with E-state index in [1.807, 2.05) is 0 Å². The predicted octanol–water partition coefficient (Wildman–Crippen LogP) is -0.898. The van der Waals surface area contributed by atoms with E-state index >= 15 is 0 Å². The lowest BCUT2D eigenvalue weighted by Crippen LogP contribution is -2.35. The number of aromatic nitrogens is 3. The van der Waals surface area contributed by atoms with Gasteiger partial charge < -0.3 is 14.8 Å². The number of H-pyrrole nitrogens is 1. The van der Waals surface area contributed by atoms with Crippen LogP contribution in [0.1, 0.15) is 11.6 Å². The van der Waals surface area contributed by atoms with Crippen molar-refractivity contribution in [3.63, 3.8) is 0 Å². The highest BCUT2D eigenvalue weighted by Gasteiger charge is 2.24. The molecule has 1 saturated heterocycles. The Hall–Kier alpha value is -1.47. The first-order chi connectivity index (χ1) is 7.25. The van der Waals surface area contributed by atoms with E-state index in [9.17, 15) is 4.79 Å². The zero-order chi connectivity index (χ0) is 10.7. The fourth-order valence-corrected chi connectivity index (χ4v) is 1.23. The van der Waals surface area contributed by atoms with Crippen molar-refractivity contribution in [2.75, 3.05) is 13.2 Å². The van der Waals surface area contributed by atoms with Gasteiger partial charge in [0.25, 0.3) is 5.91 Å². The van der Waals surface area contributed by atoms with E-state index in [4.69, 9.17) is 9.47 Å². The van der Waals surface area contributed by atoms with Gasteiger partial charge in [-0.15, -0.1) is 0 Å². The Morgan fingerprint density at radius 2 is 2.33 bits per heavy atom. The highest BCUT2D eigenvalue weighted by atomic mass is 16.7. The van der Waals surface area contributed by atoms with Gasteiger partial charge in [0.1, 0.15) is 5.82 Å². The second-order valence-electron chi connectivity index (χ2n) is 3.13. The Morgan fingerprint density at radius 1 is 1.60 bits per heavy atom. The number of amides is 1. The molecule has 7 heteroatoms. The lowest BCUT2D eigenvalue weighted by atomic mass is 10.5. The number of ether oxygens (including phenoxy) is 2. The third kappa shape index (κ3) is 2.51. The zero-order valence-electron chi connectivity index (χ0n) is 8.32. The molecule has 0 radical (unpaired) electrons. The highest BCUT2D eigenvalue weighted by Crippen LogP contribution is 2.03. The number of carbonyl (C=O) groups is 1. The lowest BCUT2D eigenvalue weighted by Gasteiger charge is -2.07.